The summed E-state index contributed by atoms with van der Waals surface area (Å²) < 4.78 is 6.21. The minimum atomic E-state index is 0.321. The quantitative estimate of drug-likeness (QED) is 0.344. The molecule has 0 radical (unpaired) electrons. The summed E-state index contributed by atoms with van der Waals surface area (Å²) in [7, 11) is 0. The van der Waals surface area contributed by atoms with E-state index in [1.54, 1.807) is 6.33 Å². The normalized spacial score (nSPS) is 13.4. The van der Waals surface area contributed by atoms with E-state index >= 15 is 0 Å². The van der Waals surface area contributed by atoms with Crippen molar-refractivity contribution in [1.29, 1.82) is 0 Å². The van der Waals surface area contributed by atoms with Gasteiger partial charge in [0.15, 0.2) is 5.65 Å². The van der Waals surface area contributed by atoms with Crippen LogP contribution >= 0.6 is 0 Å². The molecule has 0 spiro atoms. The first-order chi connectivity index (χ1) is 14.7. The van der Waals surface area contributed by atoms with Crippen molar-refractivity contribution in [2.75, 3.05) is 0 Å². The zero-order chi connectivity index (χ0) is 22.3. The molecular formula is C26H34N4O. The van der Waals surface area contributed by atoms with Crippen molar-refractivity contribution in [3.8, 4) is 0 Å². The Morgan fingerprint density at radius 3 is 2.23 bits per heavy atom. The molecule has 0 fully saturated rings. The van der Waals surface area contributed by atoms with Gasteiger partial charge in [0.1, 0.15) is 11.3 Å². The van der Waals surface area contributed by atoms with Crippen LogP contribution in [0.5, 0.6) is 0 Å². The molecule has 4 aromatic rings. The minimum absolute atomic E-state index is 0.321. The van der Waals surface area contributed by atoms with Gasteiger partial charge in [-0.2, -0.15) is 0 Å². The molecule has 0 aliphatic heterocycles. The summed E-state index contributed by atoms with van der Waals surface area (Å²) in [6, 6.07) is 6.67. The number of aromatic amines is 1. The number of hydrogen-bond donors (Lipinski definition) is 1. The van der Waals surface area contributed by atoms with Gasteiger partial charge in [0, 0.05) is 23.2 Å². The van der Waals surface area contributed by atoms with E-state index in [0.29, 0.717) is 23.7 Å². The largest absolute Gasteiger partial charge is 0.443 e. The molecule has 164 valence electrons. The van der Waals surface area contributed by atoms with Gasteiger partial charge in [0.05, 0.1) is 6.33 Å². The highest BCUT2D eigenvalue weighted by Gasteiger charge is 2.18. The predicted molar refractivity (Wildman–Crippen MR) is 127 cm³/mol. The maximum absolute atomic E-state index is 6.21. The van der Waals surface area contributed by atoms with Crippen molar-refractivity contribution in [2.45, 2.75) is 85.0 Å². The zero-order valence-electron chi connectivity index (χ0n) is 19.8. The predicted octanol–water partition coefficient (Wildman–Crippen LogP) is 7.21. The highest BCUT2D eigenvalue weighted by atomic mass is 16.3. The van der Waals surface area contributed by atoms with E-state index in [2.05, 4.69) is 76.6 Å². The number of nitrogens with one attached hydrogen (secondary N) is 1. The molecule has 31 heavy (non-hydrogen) atoms. The van der Waals surface area contributed by atoms with Gasteiger partial charge < -0.3 is 9.40 Å². The van der Waals surface area contributed by atoms with Gasteiger partial charge in [-0.05, 0) is 59.4 Å². The van der Waals surface area contributed by atoms with Crippen LogP contribution in [-0.4, -0.2) is 19.9 Å². The van der Waals surface area contributed by atoms with Crippen LogP contribution in [0.15, 0.2) is 28.9 Å². The second kappa shape index (κ2) is 8.45. The lowest BCUT2D eigenvalue weighted by molar-refractivity contribution is 0.512. The molecule has 0 aliphatic rings. The Hall–Kier alpha value is -2.69. The number of imidazole rings is 1. The molecule has 0 aliphatic carbocycles. The molecule has 0 saturated heterocycles. The molecule has 5 heteroatoms. The summed E-state index contributed by atoms with van der Waals surface area (Å²) in [5, 5.41) is 1.15. The first-order valence-corrected chi connectivity index (χ1v) is 11.5. The fraction of sp³-hybridized carbons (Fsp3) is 0.500. The molecule has 5 nitrogen and oxygen atoms in total. The van der Waals surface area contributed by atoms with Crippen LogP contribution in [0, 0.1) is 0 Å². The van der Waals surface area contributed by atoms with Crippen molar-refractivity contribution in [2.24, 2.45) is 0 Å². The number of nitrogens with zero attached hydrogens (tertiary/aromatic N) is 3. The van der Waals surface area contributed by atoms with Crippen LogP contribution in [-0.2, 0) is 6.42 Å². The Kier molecular flexibility index (Phi) is 5.87. The number of aromatic nitrogens is 4. The average Bonchev–Trinajstić information content (AvgIpc) is 3.36. The smallest absolute Gasteiger partial charge is 0.226 e. The third-order valence-electron chi connectivity index (χ3n) is 6.21. The molecule has 1 N–H and O–H groups in total. The maximum Gasteiger partial charge on any atom is 0.226 e. The van der Waals surface area contributed by atoms with Crippen LogP contribution in [0.3, 0.4) is 0 Å². The third kappa shape index (κ3) is 4.23. The van der Waals surface area contributed by atoms with E-state index in [0.717, 1.165) is 52.3 Å². The summed E-state index contributed by atoms with van der Waals surface area (Å²) in [6.45, 7) is 15.5. The van der Waals surface area contributed by atoms with Crippen LogP contribution in [0.1, 0.15) is 107 Å². The number of fused-ring (bicyclic) bond motifs is 2. The van der Waals surface area contributed by atoms with E-state index in [1.165, 1.54) is 11.1 Å². The Labute approximate surface area is 184 Å². The SMILES string of the molecule is CC(C)c1cc(C(C)C)c2cc(CCC(C)c3cc(C(C)C)c4nc[nH]c4n3)oc2n1. The van der Waals surface area contributed by atoms with Gasteiger partial charge in [-0.1, -0.05) is 48.5 Å². The molecule has 0 bridgehead atoms. The van der Waals surface area contributed by atoms with Crippen LogP contribution in [0.4, 0.5) is 0 Å². The second-order valence-corrected chi connectivity index (χ2v) is 9.71. The third-order valence-corrected chi connectivity index (χ3v) is 6.21. The standard InChI is InChI=1S/C26H34N4O/c1-14(2)19-11-22(16(5)6)30-26-21(19)10-18(31-26)9-8-17(7)23-12-20(15(3)4)24-25(29-23)28-13-27-24/h10-17H,8-9H2,1-7H3,(H,27,28,29). The highest BCUT2D eigenvalue weighted by Crippen LogP contribution is 2.32. The summed E-state index contributed by atoms with van der Waals surface area (Å²) in [5.74, 6) is 2.55. The number of H-pyrrole nitrogens is 1. The van der Waals surface area contributed by atoms with E-state index in [9.17, 15) is 0 Å². The van der Waals surface area contributed by atoms with Gasteiger partial charge >= 0.3 is 0 Å². The number of pyridine rings is 2. The fourth-order valence-electron chi connectivity index (χ4n) is 4.18. The first kappa shape index (κ1) is 21.5. The zero-order valence-corrected chi connectivity index (χ0v) is 19.8. The Bertz CT molecular complexity index is 1200. The van der Waals surface area contributed by atoms with Gasteiger partial charge in [0.2, 0.25) is 5.71 Å². The van der Waals surface area contributed by atoms with Crippen molar-refractivity contribution in [3.63, 3.8) is 0 Å². The number of furan rings is 1. The highest BCUT2D eigenvalue weighted by molar-refractivity contribution is 5.79. The summed E-state index contributed by atoms with van der Waals surface area (Å²) in [4.78, 5) is 17.3. The van der Waals surface area contributed by atoms with Gasteiger partial charge in [-0.3, -0.25) is 0 Å². The summed E-state index contributed by atoms with van der Waals surface area (Å²) >= 11 is 0. The molecule has 0 aromatic carbocycles. The summed E-state index contributed by atoms with van der Waals surface area (Å²) in [6.07, 6.45) is 3.57. The van der Waals surface area contributed by atoms with Gasteiger partial charge in [0.25, 0.3) is 0 Å². The Morgan fingerprint density at radius 2 is 1.55 bits per heavy atom. The number of rotatable bonds is 7. The number of hydrogen-bond acceptors (Lipinski definition) is 4. The monoisotopic (exact) mass is 418 g/mol. The van der Waals surface area contributed by atoms with E-state index in [4.69, 9.17) is 14.4 Å². The second-order valence-electron chi connectivity index (χ2n) is 9.71. The van der Waals surface area contributed by atoms with Crippen molar-refractivity contribution >= 4 is 22.3 Å². The molecule has 4 aromatic heterocycles. The lowest BCUT2D eigenvalue weighted by Gasteiger charge is -2.14. The Morgan fingerprint density at radius 1 is 0.839 bits per heavy atom. The van der Waals surface area contributed by atoms with E-state index in [1.807, 2.05) is 0 Å². The van der Waals surface area contributed by atoms with E-state index in [-0.39, 0.29) is 0 Å². The molecule has 4 rings (SSSR count). The maximum atomic E-state index is 6.21. The Balaban J connectivity index is 1.59. The van der Waals surface area contributed by atoms with Gasteiger partial charge in [-0.15, -0.1) is 0 Å². The molecule has 4 heterocycles. The topological polar surface area (TPSA) is 67.6 Å². The number of aryl methyl sites for hydroxylation is 1. The van der Waals surface area contributed by atoms with Crippen LogP contribution in [0.2, 0.25) is 0 Å². The lowest BCUT2D eigenvalue weighted by atomic mass is 9.95. The minimum Gasteiger partial charge on any atom is -0.443 e. The van der Waals surface area contributed by atoms with Crippen LogP contribution in [0.25, 0.3) is 22.3 Å². The molecule has 0 saturated carbocycles. The first-order valence-electron chi connectivity index (χ1n) is 11.5. The molecule has 1 unspecified atom stereocenters. The fourth-order valence-corrected chi connectivity index (χ4v) is 4.18. The average molecular weight is 419 g/mol. The van der Waals surface area contributed by atoms with Crippen molar-refractivity contribution in [1.82, 2.24) is 19.9 Å². The molecular weight excluding hydrogens is 384 g/mol. The van der Waals surface area contributed by atoms with E-state index < -0.39 is 0 Å². The lowest BCUT2D eigenvalue weighted by Crippen LogP contribution is -2.02. The summed E-state index contributed by atoms with van der Waals surface area (Å²) in [5.41, 5.74) is 7.42. The van der Waals surface area contributed by atoms with Crippen molar-refractivity contribution in [3.05, 3.63) is 52.8 Å². The van der Waals surface area contributed by atoms with Gasteiger partial charge in [-0.25, -0.2) is 15.0 Å². The van der Waals surface area contributed by atoms with Crippen LogP contribution < -0.4 is 0 Å². The molecule has 1 atom stereocenters. The molecule has 0 amide bonds. The van der Waals surface area contributed by atoms with Crippen molar-refractivity contribution < 1.29 is 4.42 Å².